The fourth-order valence-corrected chi connectivity index (χ4v) is 1.78. The fourth-order valence-electron chi connectivity index (χ4n) is 1.78. The number of H-pyrrole nitrogens is 1. The number of benzene rings is 1. The highest BCUT2D eigenvalue weighted by atomic mass is 16.1. The number of aromatic nitrogens is 2. The molecule has 5 heteroatoms. The van der Waals surface area contributed by atoms with Gasteiger partial charge < -0.3 is 16.0 Å². The Bertz CT molecular complexity index is 574. The van der Waals surface area contributed by atoms with Gasteiger partial charge in [0.15, 0.2) is 5.95 Å². The number of anilines is 2. The van der Waals surface area contributed by atoms with Crippen molar-refractivity contribution in [3.8, 4) is 0 Å². The van der Waals surface area contributed by atoms with Crippen LogP contribution >= 0.6 is 0 Å². The molecule has 0 spiro atoms. The summed E-state index contributed by atoms with van der Waals surface area (Å²) in [6, 6.07) is 5.94. The van der Waals surface area contributed by atoms with Crippen LogP contribution in [0.2, 0.25) is 0 Å². The lowest BCUT2D eigenvalue weighted by Gasteiger charge is -2.09. The molecule has 18 heavy (non-hydrogen) atoms. The van der Waals surface area contributed by atoms with Crippen LogP contribution in [0.25, 0.3) is 0 Å². The number of hydrogen-bond acceptors (Lipinski definition) is 3. The molecular weight excluding hydrogens is 228 g/mol. The molecule has 4 N–H and O–H groups in total. The standard InChI is InChI=1S/C13H16N4O/c1-3-9-6-8(2)4-5-10(9)16-12(18)11-7-15-13(14)17-11/h4-7H,3H2,1-2H3,(H,16,18)(H3,14,15,17). The minimum absolute atomic E-state index is 0.236. The number of hydrogen-bond donors (Lipinski definition) is 3. The number of rotatable bonds is 3. The molecule has 0 saturated carbocycles. The summed E-state index contributed by atoms with van der Waals surface area (Å²) >= 11 is 0. The van der Waals surface area contributed by atoms with E-state index in [2.05, 4.69) is 28.3 Å². The Hall–Kier alpha value is -2.30. The van der Waals surface area contributed by atoms with E-state index >= 15 is 0 Å². The first kappa shape index (κ1) is 12.2. The Morgan fingerprint density at radius 1 is 1.50 bits per heavy atom. The molecule has 0 bridgehead atoms. The molecule has 5 nitrogen and oxygen atoms in total. The number of nitrogens with two attached hydrogens (primary N) is 1. The van der Waals surface area contributed by atoms with Gasteiger partial charge in [-0.15, -0.1) is 0 Å². The van der Waals surface area contributed by atoms with Gasteiger partial charge in [0.05, 0.1) is 6.20 Å². The second kappa shape index (κ2) is 4.91. The molecule has 1 heterocycles. The van der Waals surface area contributed by atoms with Gasteiger partial charge >= 0.3 is 0 Å². The quantitative estimate of drug-likeness (QED) is 0.773. The third-order valence-corrected chi connectivity index (χ3v) is 2.73. The zero-order valence-electron chi connectivity index (χ0n) is 10.4. The average Bonchev–Trinajstić information content (AvgIpc) is 2.78. The van der Waals surface area contributed by atoms with Crippen LogP contribution in [-0.4, -0.2) is 15.9 Å². The topological polar surface area (TPSA) is 83.8 Å². The number of carbonyl (C=O) groups excluding carboxylic acids is 1. The van der Waals surface area contributed by atoms with Gasteiger partial charge in [-0.05, 0) is 25.0 Å². The first-order chi connectivity index (χ1) is 8.60. The van der Waals surface area contributed by atoms with Gasteiger partial charge in [0.2, 0.25) is 0 Å². The van der Waals surface area contributed by atoms with Crippen LogP contribution in [0.1, 0.15) is 28.5 Å². The van der Waals surface area contributed by atoms with Gasteiger partial charge in [-0.25, -0.2) is 4.98 Å². The van der Waals surface area contributed by atoms with Crippen molar-refractivity contribution in [1.29, 1.82) is 0 Å². The normalized spacial score (nSPS) is 10.3. The number of nitrogens with one attached hydrogen (secondary N) is 2. The molecule has 0 unspecified atom stereocenters. The lowest BCUT2D eigenvalue weighted by atomic mass is 10.1. The molecular formula is C13H16N4O. The smallest absolute Gasteiger partial charge is 0.273 e. The largest absolute Gasteiger partial charge is 0.369 e. The molecule has 1 aromatic carbocycles. The maximum Gasteiger partial charge on any atom is 0.273 e. The number of aryl methyl sites for hydroxylation is 2. The van der Waals surface area contributed by atoms with Gasteiger partial charge in [0.1, 0.15) is 5.69 Å². The van der Waals surface area contributed by atoms with Crippen LogP contribution in [0, 0.1) is 6.92 Å². The van der Waals surface area contributed by atoms with Crippen LogP contribution in [0.4, 0.5) is 11.6 Å². The van der Waals surface area contributed by atoms with Crippen LogP contribution in [0.5, 0.6) is 0 Å². The van der Waals surface area contributed by atoms with E-state index < -0.39 is 0 Å². The molecule has 0 atom stereocenters. The lowest BCUT2D eigenvalue weighted by Crippen LogP contribution is -2.13. The van der Waals surface area contributed by atoms with Crippen LogP contribution < -0.4 is 11.1 Å². The van der Waals surface area contributed by atoms with Gasteiger partial charge in [-0.2, -0.15) is 0 Å². The highest BCUT2D eigenvalue weighted by molar-refractivity contribution is 6.03. The molecule has 94 valence electrons. The highest BCUT2D eigenvalue weighted by Gasteiger charge is 2.10. The van der Waals surface area contributed by atoms with E-state index in [1.54, 1.807) is 0 Å². The highest BCUT2D eigenvalue weighted by Crippen LogP contribution is 2.18. The van der Waals surface area contributed by atoms with Crippen LogP contribution in [0.3, 0.4) is 0 Å². The molecule has 1 aromatic heterocycles. The average molecular weight is 244 g/mol. The first-order valence-electron chi connectivity index (χ1n) is 5.81. The minimum Gasteiger partial charge on any atom is -0.369 e. The summed E-state index contributed by atoms with van der Waals surface area (Å²) in [6.45, 7) is 4.08. The summed E-state index contributed by atoms with van der Waals surface area (Å²) in [4.78, 5) is 18.4. The van der Waals surface area contributed by atoms with Crippen molar-refractivity contribution >= 4 is 17.5 Å². The van der Waals surface area contributed by atoms with Crippen molar-refractivity contribution in [3.63, 3.8) is 0 Å². The van der Waals surface area contributed by atoms with Gasteiger partial charge in [0, 0.05) is 5.69 Å². The predicted octanol–water partition coefficient (Wildman–Crippen LogP) is 2.12. The predicted molar refractivity (Wildman–Crippen MR) is 71.5 cm³/mol. The Balaban J connectivity index is 2.21. The zero-order chi connectivity index (χ0) is 13.1. The van der Waals surface area contributed by atoms with Crippen molar-refractivity contribution in [3.05, 3.63) is 41.2 Å². The zero-order valence-corrected chi connectivity index (χ0v) is 10.4. The summed E-state index contributed by atoms with van der Waals surface area (Å²) in [5.41, 5.74) is 8.90. The van der Waals surface area contributed by atoms with Crippen molar-refractivity contribution in [2.75, 3.05) is 11.1 Å². The van der Waals surface area contributed by atoms with Gasteiger partial charge in [-0.1, -0.05) is 24.6 Å². The second-order valence-electron chi connectivity index (χ2n) is 4.15. The van der Waals surface area contributed by atoms with E-state index in [9.17, 15) is 4.79 Å². The molecule has 0 saturated heterocycles. The third-order valence-electron chi connectivity index (χ3n) is 2.73. The van der Waals surface area contributed by atoms with Crippen molar-refractivity contribution in [2.45, 2.75) is 20.3 Å². The third kappa shape index (κ3) is 2.51. The van der Waals surface area contributed by atoms with Gasteiger partial charge in [-0.3, -0.25) is 4.79 Å². The maximum atomic E-state index is 11.9. The number of carbonyl (C=O) groups is 1. The Morgan fingerprint density at radius 3 is 2.89 bits per heavy atom. The lowest BCUT2D eigenvalue weighted by molar-refractivity contribution is 0.102. The van der Waals surface area contributed by atoms with Crippen molar-refractivity contribution < 1.29 is 4.79 Å². The van der Waals surface area contributed by atoms with Crippen molar-refractivity contribution in [2.24, 2.45) is 0 Å². The van der Waals surface area contributed by atoms with E-state index in [0.717, 1.165) is 17.7 Å². The number of amides is 1. The fraction of sp³-hybridized carbons (Fsp3) is 0.231. The van der Waals surface area contributed by atoms with Crippen LogP contribution in [0.15, 0.2) is 24.4 Å². The number of nitrogen functional groups attached to an aromatic ring is 1. The SMILES string of the molecule is CCc1cc(C)ccc1NC(=O)c1cnc(N)[nH]1. The van der Waals surface area contributed by atoms with E-state index in [1.165, 1.54) is 11.8 Å². The molecule has 0 aliphatic heterocycles. The molecule has 0 aliphatic carbocycles. The number of aromatic amines is 1. The summed E-state index contributed by atoms with van der Waals surface area (Å²) in [6.07, 6.45) is 2.28. The summed E-state index contributed by atoms with van der Waals surface area (Å²) in [5, 5.41) is 2.85. The molecule has 0 aliphatic rings. The molecule has 2 rings (SSSR count). The Morgan fingerprint density at radius 2 is 2.28 bits per heavy atom. The minimum atomic E-state index is -0.238. The Kier molecular flexibility index (Phi) is 3.32. The van der Waals surface area contributed by atoms with Gasteiger partial charge in [0.25, 0.3) is 5.91 Å². The summed E-state index contributed by atoms with van der Waals surface area (Å²) < 4.78 is 0. The Labute approximate surface area is 105 Å². The maximum absolute atomic E-state index is 11.9. The molecule has 0 fully saturated rings. The number of imidazole rings is 1. The number of nitrogens with zero attached hydrogens (tertiary/aromatic N) is 1. The molecule has 2 aromatic rings. The first-order valence-corrected chi connectivity index (χ1v) is 5.81. The van der Waals surface area contributed by atoms with Crippen LogP contribution in [-0.2, 0) is 6.42 Å². The molecule has 1 amide bonds. The molecule has 0 radical (unpaired) electrons. The van der Waals surface area contributed by atoms with E-state index in [-0.39, 0.29) is 11.9 Å². The van der Waals surface area contributed by atoms with E-state index in [0.29, 0.717) is 5.69 Å². The van der Waals surface area contributed by atoms with E-state index in [4.69, 9.17) is 5.73 Å². The summed E-state index contributed by atoms with van der Waals surface area (Å²) in [7, 11) is 0. The second-order valence-corrected chi connectivity index (χ2v) is 4.15. The van der Waals surface area contributed by atoms with Crippen molar-refractivity contribution in [1.82, 2.24) is 9.97 Å². The van der Waals surface area contributed by atoms with E-state index in [1.807, 2.05) is 19.1 Å². The monoisotopic (exact) mass is 244 g/mol. The summed E-state index contributed by atoms with van der Waals surface area (Å²) in [5.74, 6) is -0.00229.